The van der Waals surface area contributed by atoms with Crippen molar-refractivity contribution in [3.63, 3.8) is 0 Å². The van der Waals surface area contributed by atoms with Crippen LogP contribution in [0.2, 0.25) is 0 Å². The molecule has 0 saturated carbocycles. The number of hydrogen-bond acceptors (Lipinski definition) is 5. The summed E-state index contributed by atoms with van der Waals surface area (Å²) in [5.74, 6) is 0.661. The van der Waals surface area contributed by atoms with Crippen LogP contribution in [0, 0.1) is 18.3 Å². The molecule has 0 radical (unpaired) electrons. The van der Waals surface area contributed by atoms with E-state index < -0.39 is 0 Å². The maximum Gasteiger partial charge on any atom is 0.307 e. The molecule has 0 saturated heterocycles. The summed E-state index contributed by atoms with van der Waals surface area (Å²) in [7, 11) is 1.40. The van der Waals surface area contributed by atoms with E-state index in [0.717, 1.165) is 40.1 Å². The Morgan fingerprint density at radius 1 is 1.16 bits per heavy atom. The summed E-state index contributed by atoms with van der Waals surface area (Å²) >= 11 is 0. The van der Waals surface area contributed by atoms with Gasteiger partial charge in [0.1, 0.15) is 11.9 Å². The first kappa shape index (κ1) is 20.4. The number of nitriles is 1. The lowest BCUT2D eigenvalue weighted by Gasteiger charge is -2.29. The average Bonchev–Trinajstić information content (AvgIpc) is 3.18. The number of methoxy groups -OCH3 is 1. The molecule has 2 aromatic heterocycles. The maximum atomic E-state index is 12.0. The van der Waals surface area contributed by atoms with Gasteiger partial charge in [-0.1, -0.05) is 37.3 Å². The summed E-state index contributed by atoms with van der Waals surface area (Å²) in [6.07, 6.45) is 0.974. The highest BCUT2D eigenvalue weighted by Gasteiger charge is 2.25. The molecule has 4 aromatic rings. The number of benzene rings is 2. The third-order valence-electron chi connectivity index (χ3n) is 5.65. The molecule has 0 N–H and O–H groups in total. The van der Waals surface area contributed by atoms with Gasteiger partial charge in [-0.15, -0.1) is 0 Å². The Bertz CT molecular complexity index is 1300. The van der Waals surface area contributed by atoms with Crippen LogP contribution in [0.4, 0.5) is 11.5 Å². The molecule has 0 unspecified atom stereocenters. The van der Waals surface area contributed by atoms with Crippen molar-refractivity contribution < 1.29 is 9.53 Å². The maximum absolute atomic E-state index is 12.0. The third-order valence-corrected chi connectivity index (χ3v) is 5.65. The van der Waals surface area contributed by atoms with E-state index >= 15 is 0 Å². The average molecular weight is 412 g/mol. The number of carbonyl (C=O) groups excluding carboxylic acids is 1. The molecular formula is C25H24N4O2. The number of imidazole rings is 1. The van der Waals surface area contributed by atoms with Crippen molar-refractivity contribution in [2.24, 2.45) is 0 Å². The minimum atomic E-state index is -0.268. The second kappa shape index (κ2) is 8.49. The lowest BCUT2D eigenvalue weighted by atomic mass is 10.0. The zero-order valence-electron chi connectivity index (χ0n) is 17.9. The van der Waals surface area contributed by atoms with Gasteiger partial charge in [-0.05, 0) is 48.7 Å². The lowest BCUT2D eigenvalue weighted by Crippen LogP contribution is -2.25. The zero-order valence-corrected chi connectivity index (χ0v) is 17.9. The van der Waals surface area contributed by atoms with Crippen LogP contribution < -0.4 is 4.90 Å². The van der Waals surface area contributed by atoms with Crippen molar-refractivity contribution in [3.8, 4) is 6.07 Å². The van der Waals surface area contributed by atoms with Crippen molar-refractivity contribution in [2.45, 2.75) is 26.7 Å². The summed E-state index contributed by atoms with van der Waals surface area (Å²) in [5.41, 5.74) is 5.91. The number of anilines is 2. The molecule has 6 heteroatoms. The molecule has 0 atom stereocenters. The summed E-state index contributed by atoms with van der Waals surface area (Å²) < 4.78 is 6.96. The van der Waals surface area contributed by atoms with Gasteiger partial charge < -0.3 is 9.64 Å². The van der Waals surface area contributed by atoms with Crippen molar-refractivity contribution in [3.05, 3.63) is 71.3 Å². The number of aromatic nitrogens is 2. The fourth-order valence-corrected chi connectivity index (χ4v) is 4.14. The van der Waals surface area contributed by atoms with Crippen LogP contribution in [0.1, 0.15) is 30.0 Å². The predicted octanol–water partition coefficient (Wildman–Crippen LogP) is 4.93. The van der Waals surface area contributed by atoms with Gasteiger partial charge in [0.25, 0.3) is 0 Å². The van der Waals surface area contributed by atoms with Gasteiger partial charge in [0.05, 0.1) is 30.1 Å². The topological polar surface area (TPSA) is 70.6 Å². The lowest BCUT2D eigenvalue weighted by molar-refractivity contribution is -0.140. The van der Waals surface area contributed by atoms with E-state index in [2.05, 4.69) is 22.3 Å². The van der Waals surface area contributed by atoms with E-state index in [1.54, 1.807) is 0 Å². The van der Waals surface area contributed by atoms with Gasteiger partial charge >= 0.3 is 5.97 Å². The molecular weight excluding hydrogens is 388 g/mol. The van der Waals surface area contributed by atoms with Gasteiger partial charge in [0, 0.05) is 12.2 Å². The largest absolute Gasteiger partial charge is 0.469 e. The molecule has 0 spiro atoms. The predicted molar refractivity (Wildman–Crippen MR) is 122 cm³/mol. The minimum absolute atomic E-state index is 0.238. The summed E-state index contributed by atoms with van der Waals surface area (Å²) in [6.45, 7) is 4.50. The molecule has 156 valence electrons. The Kier molecular flexibility index (Phi) is 5.59. The number of hydrogen-bond donors (Lipinski definition) is 0. The number of para-hydroxylation sites is 3. The molecule has 0 aliphatic carbocycles. The standard InChI is InChI=1S/C25H24N4O2/c1-4-19-17(2)20(16-26)24-27-21-12-8-9-13-22(21)29(24)25(19)28(15-14-23(30)31-3)18-10-6-5-7-11-18/h5-13H,4,14-15H2,1-3H3. The van der Waals surface area contributed by atoms with Crippen LogP contribution in [0.5, 0.6) is 0 Å². The first-order chi connectivity index (χ1) is 15.1. The van der Waals surface area contributed by atoms with Crippen molar-refractivity contribution in [2.75, 3.05) is 18.6 Å². The summed E-state index contributed by atoms with van der Waals surface area (Å²) in [6, 6.07) is 20.2. The van der Waals surface area contributed by atoms with E-state index in [9.17, 15) is 10.1 Å². The molecule has 6 nitrogen and oxygen atoms in total. The molecule has 0 aliphatic rings. The fourth-order valence-electron chi connectivity index (χ4n) is 4.14. The van der Waals surface area contributed by atoms with Gasteiger partial charge in [-0.3, -0.25) is 9.20 Å². The Balaban J connectivity index is 2.10. The molecule has 2 aromatic carbocycles. The van der Waals surface area contributed by atoms with Crippen LogP contribution in [-0.4, -0.2) is 29.0 Å². The van der Waals surface area contributed by atoms with Crippen LogP contribution in [0.25, 0.3) is 16.7 Å². The van der Waals surface area contributed by atoms with Crippen molar-refractivity contribution in [1.82, 2.24) is 9.38 Å². The number of pyridine rings is 1. The van der Waals surface area contributed by atoms with Crippen molar-refractivity contribution in [1.29, 1.82) is 5.26 Å². The van der Waals surface area contributed by atoms with Crippen LogP contribution in [0.3, 0.4) is 0 Å². The molecule has 0 fully saturated rings. The number of rotatable bonds is 6. The summed E-state index contributed by atoms with van der Waals surface area (Å²) in [4.78, 5) is 18.9. The minimum Gasteiger partial charge on any atom is -0.469 e. The van der Waals surface area contributed by atoms with E-state index in [-0.39, 0.29) is 12.4 Å². The Hall–Kier alpha value is -3.85. The smallest absolute Gasteiger partial charge is 0.307 e. The number of esters is 1. The first-order valence-corrected chi connectivity index (χ1v) is 10.3. The SMILES string of the molecule is CCc1c(C)c(C#N)c2nc3ccccc3n2c1N(CCC(=O)OC)c1ccccc1. The van der Waals surface area contributed by atoms with Gasteiger partial charge in [0.15, 0.2) is 5.65 Å². The summed E-state index contributed by atoms with van der Waals surface area (Å²) in [5, 5.41) is 9.94. The van der Waals surface area contributed by atoms with Gasteiger partial charge in [-0.25, -0.2) is 4.98 Å². The molecule has 0 aliphatic heterocycles. The molecule has 0 amide bonds. The molecule has 4 rings (SSSR count). The quantitative estimate of drug-likeness (QED) is 0.420. The highest BCUT2D eigenvalue weighted by Crippen LogP contribution is 2.36. The normalized spacial score (nSPS) is 10.9. The third kappa shape index (κ3) is 3.49. The highest BCUT2D eigenvalue weighted by atomic mass is 16.5. The van der Waals surface area contributed by atoms with Crippen LogP contribution in [-0.2, 0) is 16.0 Å². The van der Waals surface area contributed by atoms with Gasteiger partial charge in [-0.2, -0.15) is 5.26 Å². The second-order valence-electron chi connectivity index (χ2n) is 7.34. The Morgan fingerprint density at radius 2 is 1.87 bits per heavy atom. The number of nitrogens with zero attached hydrogens (tertiary/aromatic N) is 4. The van der Waals surface area contributed by atoms with Crippen LogP contribution in [0.15, 0.2) is 54.6 Å². The Labute approximate surface area is 181 Å². The van der Waals surface area contributed by atoms with E-state index in [1.807, 2.05) is 61.5 Å². The molecule has 2 heterocycles. The molecule has 0 bridgehead atoms. The van der Waals surface area contributed by atoms with Gasteiger partial charge in [0.2, 0.25) is 0 Å². The fraction of sp³-hybridized carbons (Fsp3) is 0.240. The monoisotopic (exact) mass is 412 g/mol. The first-order valence-electron chi connectivity index (χ1n) is 10.3. The second-order valence-corrected chi connectivity index (χ2v) is 7.34. The molecule has 31 heavy (non-hydrogen) atoms. The zero-order chi connectivity index (χ0) is 22.0. The number of fused-ring (bicyclic) bond motifs is 3. The van der Waals surface area contributed by atoms with E-state index in [4.69, 9.17) is 9.72 Å². The number of carbonyl (C=O) groups is 1. The Morgan fingerprint density at radius 3 is 2.55 bits per heavy atom. The van der Waals surface area contributed by atoms with E-state index in [1.165, 1.54) is 7.11 Å². The van der Waals surface area contributed by atoms with E-state index in [0.29, 0.717) is 17.8 Å². The van der Waals surface area contributed by atoms with Crippen molar-refractivity contribution >= 4 is 34.2 Å². The number of ether oxygens (including phenoxy) is 1. The highest BCUT2D eigenvalue weighted by molar-refractivity contribution is 5.87. The van der Waals surface area contributed by atoms with Crippen LogP contribution >= 0.6 is 0 Å².